The maximum absolute atomic E-state index is 12.8. The van der Waals surface area contributed by atoms with Crippen molar-refractivity contribution in [3.63, 3.8) is 0 Å². The summed E-state index contributed by atoms with van der Waals surface area (Å²) in [5.41, 5.74) is 1.79. The van der Waals surface area contributed by atoms with Crippen LogP contribution in [0.5, 0.6) is 5.75 Å². The first kappa shape index (κ1) is 19.9. The van der Waals surface area contributed by atoms with E-state index in [0.29, 0.717) is 22.0 Å². The number of benzene rings is 1. The van der Waals surface area contributed by atoms with E-state index in [1.54, 1.807) is 24.1 Å². The molecule has 1 aromatic heterocycles. The number of nitrogens with zero attached hydrogens (tertiary/aromatic N) is 1. The van der Waals surface area contributed by atoms with Crippen LogP contribution in [0.15, 0.2) is 24.3 Å². The Morgan fingerprint density at radius 2 is 1.93 bits per heavy atom. The number of carbonyl (C=O) groups excluding carboxylic acids is 3. The van der Waals surface area contributed by atoms with Gasteiger partial charge in [-0.1, -0.05) is 12.1 Å². The van der Waals surface area contributed by atoms with Crippen molar-refractivity contribution >= 4 is 39.8 Å². The van der Waals surface area contributed by atoms with Gasteiger partial charge in [-0.05, 0) is 31.5 Å². The number of rotatable bonds is 5. The minimum absolute atomic E-state index is 0.0980. The van der Waals surface area contributed by atoms with E-state index in [1.165, 1.54) is 18.4 Å². The van der Waals surface area contributed by atoms with Gasteiger partial charge in [0.25, 0.3) is 0 Å². The third-order valence-electron chi connectivity index (χ3n) is 4.88. The zero-order valence-corrected chi connectivity index (χ0v) is 17.0. The first-order valence-corrected chi connectivity index (χ1v) is 9.61. The lowest BCUT2D eigenvalue weighted by molar-refractivity contribution is -0.122. The van der Waals surface area contributed by atoms with Crippen molar-refractivity contribution < 1.29 is 23.9 Å². The smallest absolute Gasteiger partial charge is 0.341 e. The Labute approximate surface area is 167 Å². The number of esters is 1. The molecule has 3 rings (SSSR count). The van der Waals surface area contributed by atoms with Crippen molar-refractivity contribution in [3.8, 4) is 5.75 Å². The number of amides is 2. The van der Waals surface area contributed by atoms with Crippen molar-refractivity contribution in [2.45, 2.75) is 20.3 Å². The molecule has 1 N–H and O–H groups in total. The fourth-order valence-corrected chi connectivity index (χ4v) is 4.30. The minimum Gasteiger partial charge on any atom is -0.495 e. The topological polar surface area (TPSA) is 84.9 Å². The van der Waals surface area contributed by atoms with Crippen LogP contribution in [0.25, 0.3) is 0 Å². The molecule has 0 radical (unpaired) electrons. The lowest BCUT2D eigenvalue weighted by Gasteiger charge is -2.19. The van der Waals surface area contributed by atoms with Crippen LogP contribution in [0.1, 0.15) is 27.2 Å². The summed E-state index contributed by atoms with van der Waals surface area (Å²) in [7, 11) is 2.85. The summed E-state index contributed by atoms with van der Waals surface area (Å²) in [6.07, 6.45) is 0.0980. The Kier molecular flexibility index (Phi) is 5.69. The number of para-hydroxylation sites is 2. The molecule has 1 aliphatic rings. The number of ether oxygens (including phenoxy) is 2. The van der Waals surface area contributed by atoms with Crippen molar-refractivity contribution in [3.05, 3.63) is 40.3 Å². The minimum atomic E-state index is -0.523. The molecule has 1 aliphatic heterocycles. The van der Waals surface area contributed by atoms with E-state index >= 15 is 0 Å². The van der Waals surface area contributed by atoms with E-state index < -0.39 is 11.9 Å². The van der Waals surface area contributed by atoms with Gasteiger partial charge in [0.2, 0.25) is 11.8 Å². The molecule has 1 fully saturated rings. The zero-order chi connectivity index (χ0) is 20.4. The summed E-state index contributed by atoms with van der Waals surface area (Å²) in [6.45, 7) is 3.95. The van der Waals surface area contributed by atoms with Crippen LogP contribution in [0.2, 0.25) is 0 Å². The average molecular weight is 402 g/mol. The van der Waals surface area contributed by atoms with E-state index in [4.69, 9.17) is 9.47 Å². The molecule has 28 heavy (non-hydrogen) atoms. The number of aryl methyl sites for hydroxylation is 1. The standard InChI is InChI=1S/C20H22N2O5S/c1-11-12(2)28-19(17(11)20(25)27-4)21-18(24)13-9-16(23)22(10-13)14-7-5-6-8-15(14)26-3/h5-8,13H,9-10H2,1-4H3,(H,21,24). The third kappa shape index (κ3) is 3.60. The summed E-state index contributed by atoms with van der Waals surface area (Å²) >= 11 is 1.32. The summed E-state index contributed by atoms with van der Waals surface area (Å²) in [5.74, 6) is -0.871. The lowest BCUT2D eigenvalue weighted by atomic mass is 10.1. The zero-order valence-electron chi connectivity index (χ0n) is 16.2. The molecule has 8 heteroatoms. The van der Waals surface area contributed by atoms with Gasteiger partial charge in [-0.3, -0.25) is 9.59 Å². The second-order valence-corrected chi connectivity index (χ2v) is 7.77. The predicted octanol–water partition coefficient (Wildman–Crippen LogP) is 3.15. The van der Waals surface area contributed by atoms with Crippen LogP contribution in [-0.4, -0.2) is 38.5 Å². The van der Waals surface area contributed by atoms with Gasteiger partial charge in [0, 0.05) is 17.8 Å². The quantitative estimate of drug-likeness (QED) is 0.777. The Morgan fingerprint density at radius 3 is 2.61 bits per heavy atom. The molecule has 7 nitrogen and oxygen atoms in total. The highest BCUT2D eigenvalue weighted by Crippen LogP contribution is 2.35. The molecule has 0 bridgehead atoms. The Morgan fingerprint density at radius 1 is 1.21 bits per heavy atom. The second-order valence-electron chi connectivity index (χ2n) is 6.55. The second kappa shape index (κ2) is 8.02. The SMILES string of the molecule is COC(=O)c1c(NC(=O)C2CC(=O)N(c3ccccc3OC)C2)sc(C)c1C. The predicted molar refractivity (Wildman–Crippen MR) is 107 cm³/mol. The van der Waals surface area contributed by atoms with Gasteiger partial charge in [-0.2, -0.15) is 0 Å². The van der Waals surface area contributed by atoms with E-state index in [2.05, 4.69) is 5.32 Å². The number of thiophene rings is 1. The fourth-order valence-electron chi connectivity index (χ4n) is 3.25. The van der Waals surface area contributed by atoms with Gasteiger partial charge in [-0.25, -0.2) is 4.79 Å². The fraction of sp³-hybridized carbons (Fsp3) is 0.350. The van der Waals surface area contributed by atoms with E-state index in [1.807, 2.05) is 26.0 Å². The van der Waals surface area contributed by atoms with Crippen LogP contribution in [0.3, 0.4) is 0 Å². The van der Waals surface area contributed by atoms with Crippen molar-refractivity contribution in [2.24, 2.45) is 5.92 Å². The molecular formula is C20H22N2O5S. The number of methoxy groups -OCH3 is 2. The van der Waals surface area contributed by atoms with Crippen LogP contribution >= 0.6 is 11.3 Å². The van der Waals surface area contributed by atoms with E-state index in [0.717, 1.165) is 10.4 Å². The molecule has 1 unspecified atom stereocenters. The molecule has 1 aromatic carbocycles. The van der Waals surface area contributed by atoms with Gasteiger partial charge in [0.1, 0.15) is 10.8 Å². The van der Waals surface area contributed by atoms with Crippen molar-refractivity contribution in [1.29, 1.82) is 0 Å². The first-order chi connectivity index (χ1) is 13.4. The molecule has 2 heterocycles. The molecule has 148 valence electrons. The Hall–Kier alpha value is -2.87. The first-order valence-electron chi connectivity index (χ1n) is 8.79. The summed E-state index contributed by atoms with van der Waals surface area (Å²) in [6, 6.07) is 7.20. The number of hydrogen-bond donors (Lipinski definition) is 1. The summed E-state index contributed by atoms with van der Waals surface area (Å²) < 4.78 is 10.2. The molecule has 0 aliphatic carbocycles. The molecule has 2 amide bonds. The molecule has 0 saturated carbocycles. The number of carbonyl (C=O) groups is 3. The lowest BCUT2D eigenvalue weighted by Crippen LogP contribution is -2.28. The average Bonchev–Trinajstić information content (AvgIpc) is 3.21. The van der Waals surface area contributed by atoms with Gasteiger partial charge < -0.3 is 19.7 Å². The monoisotopic (exact) mass is 402 g/mol. The van der Waals surface area contributed by atoms with Gasteiger partial charge in [0.15, 0.2) is 0 Å². The van der Waals surface area contributed by atoms with Crippen LogP contribution in [-0.2, 0) is 14.3 Å². The number of hydrogen-bond acceptors (Lipinski definition) is 6. The molecular weight excluding hydrogens is 380 g/mol. The molecule has 2 aromatic rings. The number of nitrogens with one attached hydrogen (secondary N) is 1. The highest BCUT2D eigenvalue weighted by Gasteiger charge is 2.37. The Bertz CT molecular complexity index is 937. The van der Waals surface area contributed by atoms with Crippen molar-refractivity contribution in [1.82, 2.24) is 0 Å². The van der Waals surface area contributed by atoms with Crippen LogP contribution < -0.4 is 15.0 Å². The maximum Gasteiger partial charge on any atom is 0.341 e. The van der Waals surface area contributed by atoms with Gasteiger partial charge >= 0.3 is 5.97 Å². The van der Waals surface area contributed by atoms with Crippen molar-refractivity contribution in [2.75, 3.05) is 31.0 Å². The normalized spacial score (nSPS) is 16.2. The van der Waals surface area contributed by atoms with Crippen LogP contribution in [0, 0.1) is 19.8 Å². The largest absolute Gasteiger partial charge is 0.495 e. The Balaban J connectivity index is 1.79. The molecule has 1 atom stereocenters. The molecule has 0 spiro atoms. The highest BCUT2D eigenvalue weighted by atomic mass is 32.1. The summed E-state index contributed by atoms with van der Waals surface area (Å²) in [5, 5.41) is 3.27. The number of anilines is 2. The van der Waals surface area contributed by atoms with E-state index in [9.17, 15) is 14.4 Å². The van der Waals surface area contributed by atoms with E-state index in [-0.39, 0.29) is 24.8 Å². The molecule has 1 saturated heterocycles. The van der Waals surface area contributed by atoms with Gasteiger partial charge in [-0.15, -0.1) is 11.3 Å². The maximum atomic E-state index is 12.8. The highest BCUT2D eigenvalue weighted by molar-refractivity contribution is 7.16. The summed E-state index contributed by atoms with van der Waals surface area (Å²) in [4.78, 5) is 39.9. The van der Waals surface area contributed by atoms with Gasteiger partial charge in [0.05, 0.1) is 31.4 Å². The third-order valence-corrected chi connectivity index (χ3v) is 6.01. The van der Waals surface area contributed by atoms with Crippen LogP contribution in [0.4, 0.5) is 10.7 Å².